The molecule has 0 amide bonds. The summed E-state index contributed by atoms with van der Waals surface area (Å²) in [5.74, 6) is 2.82. The summed E-state index contributed by atoms with van der Waals surface area (Å²) in [6.07, 6.45) is 5.49. The van der Waals surface area contributed by atoms with Gasteiger partial charge in [0.1, 0.15) is 5.75 Å². The van der Waals surface area contributed by atoms with Gasteiger partial charge in [-0.15, -0.1) is 0 Å². The van der Waals surface area contributed by atoms with E-state index in [9.17, 15) is 0 Å². The van der Waals surface area contributed by atoms with Crippen molar-refractivity contribution in [3.63, 3.8) is 0 Å². The molecule has 1 heterocycles. The van der Waals surface area contributed by atoms with E-state index >= 15 is 0 Å². The van der Waals surface area contributed by atoms with Crippen molar-refractivity contribution >= 4 is 33.2 Å². The number of fused-ring (bicyclic) bond motifs is 3. The first kappa shape index (κ1) is 18.5. The van der Waals surface area contributed by atoms with Crippen LogP contribution in [0.5, 0.6) is 17.2 Å². The predicted molar refractivity (Wildman–Crippen MR) is 112 cm³/mol. The second-order valence-corrected chi connectivity index (χ2v) is 8.01. The van der Waals surface area contributed by atoms with Gasteiger partial charge in [-0.1, -0.05) is 23.8 Å². The van der Waals surface area contributed by atoms with Crippen molar-refractivity contribution in [3.8, 4) is 17.2 Å². The number of methoxy groups -OCH3 is 3. The van der Waals surface area contributed by atoms with Crippen LogP contribution < -0.4 is 19.5 Å². The third-order valence-corrected chi connectivity index (χ3v) is 6.38. The first-order valence-electron chi connectivity index (χ1n) is 8.80. The van der Waals surface area contributed by atoms with Gasteiger partial charge in [0.15, 0.2) is 11.5 Å². The topological polar surface area (TPSA) is 39.7 Å². The summed E-state index contributed by atoms with van der Waals surface area (Å²) < 4.78 is 17.5. The highest BCUT2D eigenvalue weighted by atomic mass is 79.9. The highest BCUT2D eigenvalue weighted by Gasteiger charge is 2.40. The maximum Gasteiger partial charge on any atom is 0.174 e. The Morgan fingerprint density at radius 1 is 1.07 bits per heavy atom. The molecule has 6 heteroatoms. The quantitative estimate of drug-likeness (QED) is 0.584. The molecule has 0 bridgehead atoms. The number of ether oxygens (including phenoxy) is 3. The van der Waals surface area contributed by atoms with Crippen molar-refractivity contribution in [2.75, 3.05) is 26.6 Å². The molecule has 0 saturated carbocycles. The van der Waals surface area contributed by atoms with E-state index in [2.05, 4.69) is 39.5 Å². The normalized spacial score (nSPS) is 22.6. The minimum Gasteiger partial charge on any atom is -0.495 e. The highest BCUT2D eigenvalue weighted by Crippen LogP contribution is 2.55. The Hall–Kier alpha value is -1.85. The summed E-state index contributed by atoms with van der Waals surface area (Å²) in [5, 5.41) is 4.46. The molecular formula is C21H21BrClNO3. The lowest BCUT2D eigenvalue weighted by Crippen LogP contribution is -2.29. The van der Waals surface area contributed by atoms with Gasteiger partial charge in [-0.2, -0.15) is 0 Å². The number of halogens is 2. The molecule has 0 fully saturated rings. The first-order valence-corrected chi connectivity index (χ1v) is 9.97. The van der Waals surface area contributed by atoms with Crippen molar-refractivity contribution < 1.29 is 14.2 Å². The fraction of sp³-hybridized carbons (Fsp3) is 0.333. The Bertz CT molecular complexity index is 915. The average Bonchev–Trinajstić information content (AvgIpc) is 3.16. The maximum absolute atomic E-state index is 6.57. The van der Waals surface area contributed by atoms with Gasteiger partial charge in [-0.25, -0.2) is 0 Å². The molecule has 2 aromatic carbocycles. The summed E-state index contributed by atoms with van der Waals surface area (Å²) in [5.41, 5.74) is 3.21. The molecule has 3 atom stereocenters. The molecular weight excluding hydrogens is 430 g/mol. The van der Waals surface area contributed by atoms with Gasteiger partial charge < -0.3 is 19.5 Å². The average molecular weight is 451 g/mol. The van der Waals surface area contributed by atoms with Crippen LogP contribution in [0.1, 0.15) is 29.5 Å². The Morgan fingerprint density at radius 2 is 1.85 bits per heavy atom. The van der Waals surface area contributed by atoms with Gasteiger partial charge in [0, 0.05) is 16.5 Å². The van der Waals surface area contributed by atoms with Crippen molar-refractivity contribution in [1.29, 1.82) is 0 Å². The lowest BCUT2D eigenvalue weighted by atomic mass is 9.76. The van der Waals surface area contributed by atoms with E-state index in [1.54, 1.807) is 21.3 Å². The van der Waals surface area contributed by atoms with E-state index in [-0.39, 0.29) is 12.0 Å². The second-order valence-electron chi connectivity index (χ2n) is 6.75. The Balaban J connectivity index is 1.85. The van der Waals surface area contributed by atoms with Gasteiger partial charge in [0.2, 0.25) is 0 Å². The third-order valence-electron chi connectivity index (χ3n) is 5.46. The Labute approximate surface area is 172 Å². The summed E-state index contributed by atoms with van der Waals surface area (Å²) in [7, 11) is 4.98. The first-order chi connectivity index (χ1) is 13.1. The van der Waals surface area contributed by atoms with Crippen LogP contribution in [0.3, 0.4) is 0 Å². The maximum atomic E-state index is 6.57. The fourth-order valence-electron chi connectivity index (χ4n) is 4.25. The SMILES string of the molecule is COc1ccc(Cl)c2c1N[C@@H](c1cc(Br)c(OC)c(OC)c1)[C@H]1CC=C[C@@H]21. The number of rotatable bonds is 4. The van der Waals surface area contributed by atoms with Crippen LogP contribution in [-0.4, -0.2) is 21.3 Å². The van der Waals surface area contributed by atoms with E-state index in [0.29, 0.717) is 17.4 Å². The number of nitrogens with one attached hydrogen (secondary N) is 1. The van der Waals surface area contributed by atoms with E-state index < -0.39 is 0 Å². The molecule has 0 saturated heterocycles. The predicted octanol–water partition coefficient (Wildman–Crippen LogP) is 5.95. The smallest absolute Gasteiger partial charge is 0.174 e. The van der Waals surface area contributed by atoms with E-state index in [4.69, 9.17) is 25.8 Å². The fourth-order valence-corrected chi connectivity index (χ4v) is 5.16. The minimum atomic E-state index is 0.0981. The van der Waals surface area contributed by atoms with Gasteiger partial charge in [0.05, 0.1) is 37.5 Å². The largest absolute Gasteiger partial charge is 0.495 e. The molecule has 4 rings (SSSR count). The van der Waals surface area contributed by atoms with Gasteiger partial charge in [-0.3, -0.25) is 0 Å². The van der Waals surface area contributed by atoms with Gasteiger partial charge >= 0.3 is 0 Å². The Kier molecular flexibility index (Phi) is 4.99. The zero-order chi connectivity index (χ0) is 19.1. The summed E-state index contributed by atoms with van der Waals surface area (Å²) in [6, 6.07) is 8.06. The monoisotopic (exact) mass is 449 g/mol. The van der Waals surface area contributed by atoms with Crippen molar-refractivity contribution in [2.24, 2.45) is 5.92 Å². The lowest BCUT2D eigenvalue weighted by Gasteiger charge is -2.38. The molecule has 0 unspecified atom stereocenters. The van der Waals surface area contributed by atoms with Crippen molar-refractivity contribution in [2.45, 2.75) is 18.4 Å². The van der Waals surface area contributed by atoms with Crippen LogP contribution in [0, 0.1) is 5.92 Å². The zero-order valence-electron chi connectivity index (χ0n) is 15.4. The number of allylic oxidation sites excluding steroid dienone is 2. The summed E-state index contributed by atoms with van der Waals surface area (Å²) in [6.45, 7) is 0. The molecule has 27 heavy (non-hydrogen) atoms. The summed E-state index contributed by atoms with van der Waals surface area (Å²) in [4.78, 5) is 0. The molecule has 2 aromatic rings. The van der Waals surface area contributed by atoms with Gasteiger partial charge in [0.25, 0.3) is 0 Å². The molecule has 4 nitrogen and oxygen atoms in total. The molecule has 1 aliphatic carbocycles. The standard InChI is InChI=1S/C21H21BrClNO3/c1-25-16-8-7-15(23)18-12-5-4-6-13(12)19(24-20(16)18)11-9-14(22)21(27-3)17(10-11)26-2/h4-5,7-10,12-13,19,24H,6H2,1-3H3/t12-,13+,19+/m1/s1. The lowest BCUT2D eigenvalue weighted by molar-refractivity contribution is 0.350. The minimum absolute atomic E-state index is 0.0981. The number of anilines is 1. The van der Waals surface area contributed by atoms with Crippen LogP contribution in [0.25, 0.3) is 0 Å². The van der Waals surface area contributed by atoms with Crippen LogP contribution in [0.4, 0.5) is 5.69 Å². The number of benzene rings is 2. The Morgan fingerprint density at radius 3 is 2.56 bits per heavy atom. The molecule has 2 aliphatic rings. The van der Waals surface area contributed by atoms with E-state index in [0.717, 1.165) is 38.5 Å². The zero-order valence-corrected chi connectivity index (χ0v) is 17.7. The van der Waals surface area contributed by atoms with Crippen molar-refractivity contribution in [1.82, 2.24) is 0 Å². The molecule has 1 aliphatic heterocycles. The molecule has 0 radical (unpaired) electrons. The van der Waals surface area contributed by atoms with E-state index in [1.165, 1.54) is 0 Å². The molecule has 142 valence electrons. The van der Waals surface area contributed by atoms with E-state index in [1.807, 2.05) is 18.2 Å². The molecule has 1 N–H and O–H groups in total. The molecule has 0 aromatic heterocycles. The van der Waals surface area contributed by atoms with Crippen LogP contribution in [-0.2, 0) is 0 Å². The van der Waals surface area contributed by atoms with Crippen molar-refractivity contribution in [3.05, 3.63) is 57.0 Å². The molecule has 0 spiro atoms. The van der Waals surface area contributed by atoms with Crippen LogP contribution >= 0.6 is 27.5 Å². The number of hydrogen-bond donors (Lipinski definition) is 1. The number of hydrogen-bond acceptors (Lipinski definition) is 4. The summed E-state index contributed by atoms with van der Waals surface area (Å²) >= 11 is 10.2. The second kappa shape index (κ2) is 7.28. The van der Waals surface area contributed by atoms with Crippen LogP contribution in [0.2, 0.25) is 5.02 Å². The third kappa shape index (κ3) is 2.97. The van der Waals surface area contributed by atoms with Crippen LogP contribution in [0.15, 0.2) is 40.9 Å². The van der Waals surface area contributed by atoms with Gasteiger partial charge in [-0.05, 0) is 58.1 Å². The highest BCUT2D eigenvalue weighted by molar-refractivity contribution is 9.10.